The lowest BCUT2D eigenvalue weighted by molar-refractivity contribution is -0.113. The minimum atomic E-state index is -0.123. The molecule has 0 unspecified atom stereocenters. The van der Waals surface area contributed by atoms with Crippen LogP contribution in [0, 0.1) is 6.92 Å². The summed E-state index contributed by atoms with van der Waals surface area (Å²) in [7, 11) is 0. The molecule has 5 nitrogen and oxygen atoms in total. The third-order valence-electron chi connectivity index (χ3n) is 4.47. The van der Waals surface area contributed by atoms with Crippen molar-refractivity contribution < 1.29 is 4.79 Å². The number of anilines is 1. The van der Waals surface area contributed by atoms with E-state index in [1.807, 2.05) is 66.1 Å². The maximum atomic E-state index is 12.5. The summed E-state index contributed by atoms with van der Waals surface area (Å²) in [4.78, 5) is 12.5. The van der Waals surface area contributed by atoms with Gasteiger partial charge in [0.2, 0.25) is 5.91 Å². The normalized spacial score (nSPS) is 10.8. The molecule has 0 saturated carbocycles. The van der Waals surface area contributed by atoms with Gasteiger partial charge >= 0.3 is 0 Å². The summed E-state index contributed by atoms with van der Waals surface area (Å²) in [5.74, 6) is 0.704. The second kappa shape index (κ2) is 9.56. The summed E-state index contributed by atoms with van der Waals surface area (Å²) in [5.41, 5.74) is 3.56. The number of thioether (sulfide) groups is 1. The molecule has 0 aliphatic carbocycles. The third-order valence-corrected chi connectivity index (χ3v) is 5.89. The minimum absolute atomic E-state index is 0.123. The van der Waals surface area contributed by atoms with Crippen molar-refractivity contribution in [2.45, 2.75) is 12.1 Å². The average Bonchev–Trinajstić information content (AvgIpc) is 3.18. The highest BCUT2D eigenvalue weighted by Crippen LogP contribution is 2.29. The SMILES string of the molecule is Cc1ccc(NC(=O)CSc2nnc(-c3ccc(Cl)cc3)n2-c2cccc(Cl)c2)cc1. The zero-order valence-electron chi connectivity index (χ0n) is 16.5. The molecule has 4 aromatic rings. The minimum Gasteiger partial charge on any atom is -0.325 e. The van der Waals surface area contributed by atoms with Crippen LogP contribution in [-0.2, 0) is 4.79 Å². The van der Waals surface area contributed by atoms with Crippen LogP contribution in [0.4, 0.5) is 5.69 Å². The van der Waals surface area contributed by atoms with E-state index in [-0.39, 0.29) is 11.7 Å². The zero-order valence-corrected chi connectivity index (χ0v) is 18.9. The number of aryl methyl sites for hydroxylation is 1. The van der Waals surface area contributed by atoms with E-state index in [2.05, 4.69) is 15.5 Å². The molecule has 1 N–H and O–H groups in total. The molecule has 1 heterocycles. The summed E-state index contributed by atoms with van der Waals surface area (Å²) in [6, 6.07) is 22.5. The van der Waals surface area contributed by atoms with Crippen LogP contribution in [0.5, 0.6) is 0 Å². The Labute approximate surface area is 194 Å². The van der Waals surface area contributed by atoms with E-state index in [0.29, 0.717) is 21.0 Å². The first-order chi connectivity index (χ1) is 15.0. The van der Waals surface area contributed by atoms with Crippen molar-refractivity contribution in [3.8, 4) is 17.1 Å². The Bertz CT molecular complexity index is 1210. The highest BCUT2D eigenvalue weighted by Gasteiger charge is 2.17. The molecule has 8 heteroatoms. The van der Waals surface area contributed by atoms with Crippen molar-refractivity contribution in [3.05, 3.63) is 88.4 Å². The Balaban J connectivity index is 1.60. The molecule has 31 heavy (non-hydrogen) atoms. The number of carbonyl (C=O) groups excluding carboxylic acids is 1. The molecule has 0 aliphatic rings. The van der Waals surface area contributed by atoms with Gasteiger partial charge in [-0.15, -0.1) is 10.2 Å². The van der Waals surface area contributed by atoms with Gasteiger partial charge in [0.1, 0.15) is 0 Å². The van der Waals surface area contributed by atoms with Crippen LogP contribution in [0.15, 0.2) is 78.0 Å². The van der Waals surface area contributed by atoms with Gasteiger partial charge in [0, 0.05) is 21.3 Å². The summed E-state index contributed by atoms with van der Waals surface area (Å²) in [5, 5.41) is 13.4. The highest BCUT2D eigenvalue weighted by atomic mass is 35.5. The van der Waals surface area contributed by atoms with Gasteiger partial charge in [-0.05, 0) is 61.5 Å². The first-order valence-electron chi connectivity index (χ1n) is 9.46. The predicted molar refractivity (Wildman–Crippen MR) is 127 cm³/mol. The van der Waals surface area contributed by atoms with Crippen molar-refractivity contribution in [2.24, 2.45) is 0 Å². The number of carbonyl (C=O) groups is 1. The molecule has 0 spiro atoms. The van der Waals surface area contributed by atoms with Crippen molar-refractivity contribution in [2.75, 3.05) is 11.1 Å². The van der Waals surface area contributed by atoms with Crippen molar-refractivity contribution in [1.82, 2.24) is 14.8 Å². The van der Waals surface area contributed by atoms with Crippen LogP contribution < -0.4 is 5.32 Å². The number of halogens is 2. The maximum absolute atomic E-state index is 12.5. The van der Waals surface area contributed by atoms with Crippen molar-refractivity contribution in [3.63, 3.8) is 0 Å². The third kappa shape index (κ3) is 5.28. The van der Waals surface area contributed by atoms with Gasteiger partial charge in [0.15, 0.2) is 11.0 Å². The number of hydrogen-bond donors (Lipinski definition) is 1. The van der Waals surface area contributed by atoms with E-state index in [1.165, 1.54) is 11.8 Å². The second-order valence-corrected chi connectivity index (χ2v) is 8.65. The van der Waals surface area contributed by atoms with Gasteiger partial charge in [0.05, 0.1) is 11.4 Å². The maximum Gasteiger partial charge on any atom is 0.234 e. The van der Waals surface area contributed by atoms with Crippen LogP contribution in [0.2, 0.25) is 10.0 Å². The van der Waals surface area contributed by atoms with E-state index < -0.39 is 0 Å². The fourth-order valence-electron chi connectivity index (χ4n) is 2.96. The van der Waals surface area contributed by atoms with Gasteiger partial charge in [-0.2, -0.15) is 0 Å². The molecule has 0 fully saturated rings. The smallest absolute Gasteiger partial charge is 0.234 e. The van der Waals surface area contributed by atoms with E-state index >= 15 is 0 Å². The lowest BCUT2D eigenvalue weighted by Gasteiger charge is -2.11. The first-order valence-corrected chi connectivity index (χ1v) is 11.2. The molecule has 0 saturated heterocycles. The van der Waals surface area contributed by atoms with E-state index in [4.69, 9.17) is 23.2 Å². The Hall–Kier alpha value is -2.80. The largest absolute Gasteiger partial charge is 0.325 e. The van der Waals surface area contributed by atoms with E-state index in [9.17, 15) is 4.79 Å². The van der Waals surface area contributed by atoms with E-state index in [0.717, 1.165) is 22.5 Å². The topological polar surface area (TPSA) is 59.8 Å². The van der Waals surface area contributed by atoms with Crippen LogP contribution in [0.1, 0.15) is 5.56 Å². The molecule has 0 radical (unpaired) electrons. The molecule has 1 aromatic heterocycles. The van der Waals surface area contributed by atoms with Gasteiger partial charge < -0.3 is 5.32 Å². The molecule has 0 aliphatic heterocycles. The van der Waals surface area contributed by atoms with Gasteiger partial charge in [-0.1, -0.05) is 58.7 Å². The lowest BCUT2D eigenvalue weighted by atomic mass is 10.2. The van der Waals surface area contributed by atoms with Crippen LogP contribution >= 0.6 is 35.0 Å². The Morgan fingerprint density at radius 3 is 2.42 bits per heavy atom. The number of aromatic nitrogens is 3. The fraction of sp³-hybridized carbons (Fsp3) is 0.0870. The molecule has 0 bridgehead atoms. The quantitative estimate of drug-likeness (QED) is 0.338. The summed E-state index contributed by atoms with van der Waals surface area (Å²) >= 11 is 13.6. The fourth-order valence-corrected chi connectivity index (χ4v) is 4.02. The molecular formula is C23H18Cl2N4OS. The number of benzene rings is 3. The second-order valence-electron chi connectivity index (χ2n) is 6.83. The number of amides is 1. The molecule has 3 aromatic carbocycles. The van der Waals surface area contributed by atoms with Crippen LogP contribution in [-0.4, -0.2) is 26.4 Å². The Morgan fingerprint density at radius 2 is 1.71 bits per heavy atom. The van der Waals surface area contributed by atoms with Crippen LogP contribution in [0.3, 0.4) is 0 Å². The monoisotopic (exact) mass is 468 g/mol. The Morgan fingerprint density at radius 1 is 0.968 bits per heavy atom. The molecule has 156 valence electrons. The summed E-state index contributed by atoms with van der Waals surface area (Å²) in [6.45, 7) is 2.00. The number of hydrogen-bond acceptors (Lipinski definition) is 4. The van der Waals surface area contributed by atoms with Crippen LogP contribution in [0.25, 0.3) is 17.1 Å². The molecule has 1 amide bonds. The number of rotatable bonds is 6. The zero-order chi connectivity index (χ0) is 21.8. The highest BCUT2D eigenvalue weighted by molar-refractivity contribution is 7.99. The van der Waals surface area contributed by atoms with Crippen molar-refractivity contribution in [1.29, 1.82) is 0 Å². The Kier molecular flexibility index (Phi) is 6.61. The first kappa shape index (κ1) is 21.4. The number of nitrogens with one attached hydrogen (secondary N) is 1. The molecule has 4 rings (SSSR count). The van der Waals surface area contributed by atoms with Gasteiger partial charge in [-0.25, -0.2) is 0 Å². The standard InChI is InChI=1S/C23H18Cl2N4OS/c1-15-5-11-19(12-6-15)26-21(30)14-31-23-28-27-22(16-7-9-17(24)10-8-16)29(23)20-4-2-3-18(25)13-20/h2-13H,14H2,1H3,(H,26,30). The van der Waals surface area contributed by atoms with Gasteiger partial charge in [0.25, 0.3) is 0 Å². The lowest BCUT2D eigenvalue weighted by Crippen LogP contribution is -2.14. The average molecular weight is 469 g/mol. The molecule has 0 atom stereocenters. The van der Waals surface area contributed by atoms with E-state index in [1.54, 1.807) is 18.2 Å². The van der Waals surface area contributed by atoms with Crippen molar-refractivity contribution >= 4 is 46.6 Å². The summed E-state index contributed by atoms with van der Waals surface area (Å²) in [6.07, 6.45) is 0. The van der Waals surface area contributed by atoms with Gasteiger partial charge in [-0.3, -0.25) is 9.36 Å². The predicted octanol–water partition coefficient (Wildman–Crippen LogP) is 6.28. The number of nitrogens with zero attached hydrogens (tertiary/aromatic N) is 3. The molecular weight excluding hydrogens is 451 g/mol. The summed E-state index contributed by atoms with van der Waals surface area (Å²) < 4.78 is 1.89.